The average Bonchev–Trinajstić information content (AvgIpc) is 3.21. The van der Waals surface area contributed by atoms with Crippen LogP contribution in [0.5, 0.6) is 0 Å². The molecule has 1 heterocycles. The highest BCUT2D eigenvalue weighted by molar-refractivity contribution is 7.99. The quantitative estimate of drug-likeness (QED) is 0.177. The Kier molecular flexibility index (Phi) is 7.42. The Labute approximate surface area is 171 Å². The Bertz CT molecular complexity index is 605. The summed E-state index contributed by atoms with van der Waals surface area (Å²) in [6.45, 7) is 4.76. The molecule has 0 amide bonds. The number of nitrogens with two attached hydrogens (primary N) is 2. The van der Waals surface area contributed by atoms with Crippen LogP contribution in [-0.4, -0.2) is 79.1 Å². The maximum absolute atomic E-state index is 11.4. The van der Waals surface area contributed by atoms with Gasteiger partial charge in [-0.25, -0.2) is 0 Å². The second-order valence-corrected chi connectivity index (χ2v) is 9.53. The molecule has 1 aliphatic heterocycles. The zero-order valence-electron chi connectivity index (χ0n) is 16.8. The summed E-state index contributed by atoms with van der Waals surface area (Å²) in [5.74, 6) is 3.16. The Morgan fingerprint density at radius 2 is 1.93 bits per heavy atom. The van der Waals surface area contributed by atoms with E-state index in [1.165, 1.54) is 0 Å². The van der Waals surface area contributed by atoms with Crippen molar-refractivity contribution in [3.63, 3.8) is 0 Å². The average molecular weight is 411 g/mol. The molecule has 5 N–H and O–H groups in total. The molecular formula is C20H34N4O3S. The van der Waals surface area contributed by atoms with Gasteiger partial charge in [0.1, 0.15) is 5.84 Å². The van der Waals surface area contributed by atoms with E-state index >= 15 is 0 Å². The third kappa shape index (κ3) is 5.09. The number of ether oxygens (including phenoxy) is 1. The Balaban J connectivity index is 1.46. The monoisotopic (exact) mass is 410 g/mol. The number of aldehydes is 1. The summed E-state index contributed by atoms with van der Waals surface area (Å²) in [4.78, 5) is 17.7. The van der Waals surface area contributed by atoms with E-state index in [0.29, 0.717) is 29.4 Å². The number of carbonyl (C=O) groups is 1. The number of thioether (sulfide) groups is 1. The minimum absolute atomic E-state index is 0.161. The maximum atomic E-state index is 11.4. The van der Waals surface area contributed by atoms with Crippen LogP contribution in [0.15, 0.2) is 16.3 Å². The normalized spacial score (nSPS) is 34.9. The lowest BCUT2D eigenvalue weighted by atomic mass is 9.92. The van der Waals surface area contributed by atoms with Gasteiger partial charge in [0, 0.05) is 43.9 Å². The van der Waals surface area contributed by atoms with Crippen molar-refractivity contribution in [3.05, 3.63) is 11.3 Å². The first kappa shape index (κ1) is 21.6. The van der Waals surface area contributed by atoms with E-state index in [4.69, 9.17) is 16.2 Å². The summed E-state index contributed by atoms with van der Waals surface area (Å²) in [5.41, 5.74) is 12.4. The lowest BCUT2D eigenvalue weighted by Gasteiger charge is -2.28. The summed E-state index contributed by atoms with van der Waals surface area (Å²) in [6, 6.07) is 0. The summed E-state index contributed by atoms with van der Waals surface area (Å²) in [6.07, 6.45) is 4.23. The van der Waals surface area contributed by atoms with Crippen molar-refractivity contribution >= 4 is 23.9 Å². The van der Waals surface area contributed by atoms with Gasteiger partial charge in [-0.05, 0) is 43.4 Å². The van der Waals surface area contributed by atoms with Crippen LogP contribution in [0.3, 0.4) is 0 Å². The van der Waals surface area contributed by atoms with Crippen LogP contribution in [0, 0.1) is 17.8 Å². The van der Waals surface area contributed by atoms with E-state index < -0.39 is 5.60 Å². The topological polar surface area (TPSA) is 114 Å². The van der Waals surface area contributed by atoms with Crippen LogP contribution in [-0.2, 0) is 9.53 Å². The van der Waals surface area contributed by atoms with Crippen LogP contribution in [0.2, 0.25) is 0 Å². The third-order valence-corrected chi connectivity index (χ3v) is 7.75. The molecule has 0 radical (unpaired) electrons. The minimum Gasteiger partial charge on any atom is -0.401 e. The van der Waals surface area contributed by atoms with E-state index in [1.54, 1.807) is 7.05 Å². The summed E-state index contributed by atoms with van der Waals surface area (Å²) < 4.78 is 5.38. The summed E-state index contributed by atoms with van der Waals surface area (Å²) in [7, 11) is 1.56. The van der Waals surface area contributed by atoms with Crippen molar-refractivity contribution in [2.75, 3.05) is 51.4 Å². The summed E-state index contributed by atoms with van der Waals surface area (Å²) >= 11 is 1.86. The van der Waals surface area contributed by atoms with E-state index in [0.717, 1.165) is 70.0 Å². The minimum atomic E-state index is -0.564. The highest BCUT2D eigenvalue weighted by Crippen LogP contribution is 2.52. The molecule has 7 nitrogen and oxygen atoms in total. The van der Waals surface area contributed by atoms with Crippen molar-refractivity contribution in [1.82, 2.24) is 4.90 Å². The number of allylic oxidation sites excluding steroid dienone is 1. The van der Waals surface area contributed by atoms with Gasteiger partial charge in [0.15, 0.2) is 6.29 Å². The number of fused-ring (bicyclic) bond motifs is 1. The van der Waals surface area contributed by atoms with E-state index in [9.17, 15) is 9.90 Å². The van der Waals surface area contributed by atoms with Gasteiger partial charge in [0.2, 0.25) is 0 Å². The molecule has 3 fully saturated rings. The van der Waals surface area contributed by atoms with Gasteiger partial charge in [-0.1, -0.05) is 0 Å². The number of rotatable bonds is 8. The number of amidine groups is 1. The van der Waals surface area contributed by atoms with Crippen LogP contribution >= 0.6 is 11.8 Å². The number of hydrogen-bond donors (Lipinski definition) is 3. The van der Waals surface area contributed by atoms with Crippen LogP contribution in [0.25, 0.3) is 0 Å². The van der Waals surface area contributed by atoms with Gasteiger partial charge in [0.25, 0.3) is 0 Å². The Hall–Kier alpha value is -1.09. The smallest absolute Gasteiger partial charge is 0.155 e. The van der Waals surface area contributed by atoms with Gasteiger partial charge in [-0.15, -0.1) is 0 Å². The van der Waals surface area contributed by atoms with Crippen LogP contribution < -0.4 is 11.5 Å². The SMILES string of the molecule is CN=C(N)/C(C=O)=C(\N)C1CC2CC(O)(CSCCN3CCOCC3)CC2C1. The standard InChI is InChI=1S/C20H34N4O3S/c1-23-19(22)17(12-25)18(21)14-8-15-10-20(26,11-16(15)9-14)13-28-7-4-24-2-5-27-6-3-24/h12,14-16,26H,2-11,13,21H2,1H3,(H2,22,23)/b18-17-. The maximum Gasteiger partial charge on any atom is 0.155 e. The Morgan fingerprint density at radius 1 is 1.29 bits per heavy atom. The summed E-state index contributed by atoms with van der Waals surface area (Å²) in [5, 5.41) is 11.0. The molecule has 0 aromatic heterocycles. The predicted octanol–water partition coefficient (Wildman–Crippen LogP) is 0.618. The van der Waals surface area contributed by atoms with Gasteiger partial charge >= 0.3 is 0 Å². The molecule has 3 aliphatic rings. The highest BCUT2D eigenvalue weighted by Gasteiger charge is 2.49. The molecule has 2 saturated carbocycles. The molecule has 158 valence electrons. The van der Waals surface area contributed by atoms with Gasteiger partial charge in [0.05, 0.1) is 24.4 Å². The molecule has 8 heteroatoms. The predicted molar refractivity (Wildman–Crippen MR) is 113 cm³/mol. The molecule has 3 rings (SSSR count). The number of aliphatic imine (C=N–C) groups is 1. The second-order valence-electron chi connectivity index (χ2n) is 8.42. The van der Waals surface area contributed by atoms with Gasteiger partial charge in [-0.2, -0.15) is 11.8 Å². The molecular weight excluding hydrogens is 376 g/mol. The van der Waals surface area contributed by atoms with E-state index in [2.05, 4.69) is 9.89 Å². The molecule has 2 unspecified atom stereocenters. The molecule has 1 saturated heterocycles. The fourth-order valence-corrected chi connectivity index (χ4v) is 6.19. The molecule has 2 aliphatic carbocycles. The zero-order chi connectivity index (χ0) is 20.1. The first-order valence-electron chi connectivity index (χ1n) is 10.2. The van der Waals surface area contributed by atoms with E-state index in [-0.39, 0.29) is 11.8 Å². The lowest BCUT2D eigenvalue weighted by molar-refractivity contribution is -0.104. The zero-order valence-corrected chi connectivity index (χ0v) is 17.6. The highest BCUT2D eigenvalue weighted by atomic mass is 32.2. The first-order valence-corrected chi connectivity index (χ1v) is 11.4. The molecule has 0 bridgehead atoms. The number of carbonyl (C=O) groups excluding carboxylic acids is 1. The molecule has 0 aromatic rings. The first-order chi connectivity index (χ1) is 13.5. The van der Waals surface area contributed by atoms with Crippen molar-refractivity contribution in [2.45, 2.75) is 31.3 Å². The molecule has 0 spiro atoms. The van der Waals surface area contributed by atoms with Crippen LogP contribution in [0.1, 0.15) is 25.7 Å². The molecule has 28 heavy (non-hydrogen) atoms. The number of nitrogens with zero attached hydrogens (tertiary/aromatic N) is 2. The van der Waals surface area contributed by atoms with Crippen molar-refractivity contribution in [2.24, 2.45) is 34.2 Å². The lowest BCUT2D eigenvalue weighted by Crippen LogP contribution is -2.38. The number of hydrogen-bond acceptors (Lipinski definition) is 7. The fourth-order valence-electron chi connectivity index (χ4n) is 5.04. The van der Waals surface area contributed by atoms with Crippen molar-refractivity contribution in [3.8, 4) is 0 Å². The third-order valence-electron chi connectivity index (χ3n) is 6.54. The number of aliphatic hydroxyl groups is 1. The van der Waals surface area contributed by atoms with Crippen molar-refractivity contribution in [1.29, 1.82) is 0 Å². The molecule has 0 aromatic carbocycles. The van der Waals surface area contributed by atoms with Gasteiger partial charge < -0.3 is 21.3 Å². The Morgan fingerprint density at radius 3 is 2.50 bits per heavy atom. The second kappa shape index (κ2) is 9.61. The van der Waals surface area contributed by atoms with E-state index in [1.807, 2.05) is 11.8 Å². The van der Waals surface area contributed by atoms with Gasteiger partial charge in [-0.3, -0.25) is 14.7 Å². The molecule has 2 atom stereocenters. The van der Waals surface area contributed by atoms with Crippen LogP contribution in [0.4, 0.5) is 0 Å². The number of morpholine rings is 1. The largest absolute Gasteiger partial charge is 0.401 e. The van der Waals surface area contributed by atoms with Crippen molar-refractivity contribution < 1.29 is 14.6 Å². The fraction of sp³-hybridized carbons (Fsp3) is 0.800.